The van der Waals surface area contributed by atoms with Crippen molar-refractivity contribution in [3.63, 3.8) is 0 Å². The van der Waals surface area contributed by atoms with Gasteiger partial charge in [-0.1, -0.05) is 36.8 Å². The molecule has 25 heavy (non-hydrogen) atoms. The molecule has 1 amide bonds. The lowest BCUT2D eigenvalue weighted by atomic mass is 10.0. The van der Waals surface area contributed by atoms with Gasteiger partial charge >= 0.3 is 12.1 Å². The topological polar surface area (TPSA) is 64.6 Å². The summed E-state index contributed by atoms with van der Waals surface area (Å²) in [4.78, 5) is 24.2. The molecular formula is C20H29NO4. The maximum atomic E-state index is 12.3. The van der Waals surface area contributed by atoms with E-state index in [0.717, 1.165) is 37.7 Å². The second-order valence-corrected chi connectivity index (χ2v) is 7.64. The van der Waals surface area contributed by atoms with E-state index in [1.807, 2.05) is 51.1 Å². The SMILES string of the molecule is CC(C)(C)OC(=O)NC1CCCC(C(=O)OCc2ccccc2)CC1. The van der Waals surface area contributed by atoms with E-state index < -0.39 is 5.60 Å². The molecule has 2 rings (SSSR count). The Bertz CT molecular complexity index is 565. The molecule has 1 aromatic rings. The molecule has 1 fully saturated rings. The summed E-state index contributed by atoms with van der Waals surface area (Å²) in [6.45, 7) is 5.85. The van der Waals surface area contributed by atoms with Gasteiger partial charge in [0.25, 0.3) is 0 Å². The van der Waals surface area contributed by atoms with Gasteiger partial charge in [0, 0.05) is 6.04 Å². The Hall–Kier alpha value is -2.04. The zero-order chi connectivity index (χ0) is 18.3. The molecule has 5 nitrogen and oxygen atoms in total. The number of esters is 1. The van der Waals surface area contributed by atoms with Crippen molar-refractivity contribution in [1.29, 1.82) is 0 Å². The van der Waals surface area contributed by atoms with Crippen LogP contribution < -0.4 is 5.32 Å². The van der Waals surface area contributed by atoms with Crippen molar-refractivity contribution in [3.8, 4) is 0 Å². The fraction of sp³-hybridized carbons (Fsp3) is 0.600. The van der Waals surface area contributed by atoms with Gasteiger partial charge in [0.2, 0.25) is 0 Å². The number of rotatable bonds is 4. The van der Waals surface area contributed by atoms with Crippen molar-refractivity contribution >= 4 is 12.1 Å². The lowest BCUT2D eigenvalue weighted by Gasteiger charge is -2.23. The predicted molar refractivity (Wildman–Crippen MR) is 96.0 cm³/mol. The third-order valence-electron chi connectivity index (χ3n) is 4.25. The lowest BCUT2D eigenvalue weighted by Crippen LogP contribution is -2.38. The molecule has 1 aliphatic rings. The average molecular weight is 347 g/mol. The van der Waals surface area contributed by atoms with Crippen molar-refractivity contribution < 1.29 is 19.1 Å². The average Bonchev–Trinajstić information content (AvgIpc) is 2.77. The summed E-state index contributed by atoms with van der Waals surface area (Å²) in [5.74, 6) is -0.226. The highest BCUT2D eigenvalue weighted by molar-refractivity contribution is 5.72. The Kier molecular flexibility index (Phi) is 6.85. The molecule has 1 aromatic carbocycles. The van der Waals surface area contributed by atoms with E-state index in [-0.39, 0.29) is 24.0 Å². The van der Waals surface area contributed by atoms with Gasteiger partial charge in [-0.05, 0) is 52.0 Å². The van der Waals surface area contributed by atoms with E-state index >= 15 is 0 Å². The Morgan fingerprint density at radius 3 is 2.48 bits per heavy atom. The van der Waals surface area contributed by atoms with Gasteiger partial charge in [-0.2, -0.15) is 0 Å². The van der Waals surface area contributed by atoms with E-state index in [1.165, 1.54) is 0 Å². The van der Waals surface area contributed by atoms with Gasteiger partial charge in [-0.3, -0.25) is 4.79 Å². The zero-order valence-electron chi connectivity index (χ0n) is 15.4. The van der Waals surface area contributed by atoms with Crippen LogP contribution in [0.2, 0.25) is 0 Å². The molecule has 0 aliphatic heterocycles. The second kappa shape index (κ2) is 8.88. The Balaban J connectivity index is 1.76. The van der Waals surface area contributed by atoms with Gasteiger partial charge < -0.3 is 14.8 Å². The molecule has 0 saturated heterocycles. The summed E-state index contributed by atoms with van der Waals surface area (Å²) >= 11 is 0. The molecule has 1 N–H and O–H groups in total. The van der Waals surface area contributed by atoms with Crippen LogP contribution in [0.25, 0.3) is 0 Å². The third-order valence-corrected chi connectivity index (χ3v) is 4.25. The normalized spacial score (nSPS) is 21.1. The van der Waals surface area contributed by atoms with E-state index in [4.69, 9.17) is 9.47 Å². The van der Waals surface area contributed by atoms with E-state index in [0.29, 0.717) is 6.61 Å². The van der Waals surface area contributed by atoms with Gasteiger partial charge in [0.15, 0.2) is 0 Å². The van der Waals surface area contributed by atoms with E-state index in [1.54, 1.807) is 0 Å². The van der Waals surface area contributed by atoms with E-state index in [9.17, 15) is 9.59 Å². The number of carbonyl (C=O) groups is 2. The molecule has 2 unspecified atom stereocenters. The maximum Gasteiger partial charge on any atom is 0.407 e. The number of alkyl carbamates (subject to hydrolysis) is 1. The van der Waals surface area contributed by atoms with Gasteiger partial charge in [0.05, 0.1) is 5.92 Å². The number of carbonyl (C=O) groups excluding carboxylic acids is 2. The zero-order valence-corrected chi connectivity index (χ0v) is 15.4. The van der Waals surface area contributed by atoms with Gasteiger partial charge in [0.1, 0.15) is 12.2 Å². The first kappa shape index (κ1) is 19.3. The summed E-state index contributed by atoms with van der Waals surface area (Å²) in [6, 6.07) is 9.75. The molecule has 138 valence electrons. The van der Waals surface area contributed by atoms with Crippen LogP contribution >= 0.6 is 0 Å². The molecule has 1 saturated carbocycles. The van der Waals surface area contributed by atoms with Crippen LogP contribution in [0.15, 0.2) is 30.3 Å². The molecule has 2 atom stereocenters. The Morgan fingerprint density at radius 1 is 1.08 bits per heavy atom. The minimum atomic E-state index is -0.501. The summed E-state index contributed by atoms with van der Waals surface area (Å²) in [7, 11) is 0. The largest absolute Gasteiger partial charge is 0.461 e. The van der Waals surface area contributed by atoms with Crippen LogP contribution in [-0.4, -0.2) is 23.7 Å². The molecule has 0 bridgehead atoms. The minimum absolute atomic E-state index is 0.0572. The number of hydrogen-bond acceptors (Lipinski definition) is 4. The highest BCUT2D eigenvalue weighted by atomic mass is 16.6. The minimum Gasteiger partial charge on any atom is -0.461 e. The third kappa shape index (κ3) is 7.16. The number of nitrogens with one attached hydrogen (secondary N) is 1. The lowest BCUT2D eigenvalue weighted by molar-refractivity contribution is -0.150. The van der Waals surface area contributed by atoms with Crippen molar-refractivity contribution in [1.82, 2.24) is 5.32 Å². The highest BCUT2D eigenvalue weighted by Gasteiger charge is 2.27. The van der Waals surface area contributed by atoms with Crippen LogP contribution in [0, 0.1) is 5.92 Å². The number of amides is 1. The van der Waals surface area contributed by atoms with Crippen molar-refractivity contribution in [2.24, 2.45) is 5.92 Å². The molecule has 0 aromatic heterocycles. The number of benzene rings is 1. The first-order valence-corrected chi connectivity index (χ1v) is 9.03. The van der Waals surface area contributed by atoms with Gasteiger partial charge in [-0.25, -0.2) is 4.79 Å². The fourth-order valence-corrected chi connectivity index (χ4v) is 3.00. The summed E-state index contributed by atoms with van der Waals surface area (Å²) in [6.07, 6.45) is 3.67. The van der Waals surface area contributed by atoms with Crippen molar-refractivity contribution in [3.05, 3.63) is 35.9 Å². The standard InChI is InChI=1S/C20H29NO4/c1-20(2,3)25-19(23)21-17-11-7-10-16(12-13-17)18(22)24-14-15-8-5-4-6-9-15/h4-6,8-9,16-17H,7,10-14H2,1-3H3,(H,21,23). The monoisotopic (exact) mass is 347 g/mol. The quantitative estimate of drug-likeness (QED) is 0.655. The number of hydrogen-bond donors (Lipinski definition) is 1. The van der Waals surface area contributed by atoms with Crippen LogP contribution in [-0.2, 0) is 20.9 Å². The molecule has 0 spiro atoms. The summed E-state index contributed by atoms with van der Waals surface area (Å²) < 4.78 is 10.8. The van der Waals surface area contributed by atoms with Gasteiger partial charge in [-0.15, -0.1) is 0 Å². The Labute approximate surface area is 150 Å². The van der Waals surface area contributed by atoms with Crippen LogP contribution in [0.4, 0.5) is 4.79 Å². The van der Waals surface area contributed by atoms with Crippen LogP contribution in [0.5, 0.6) is 0 Å². The Morgan fingerprint density at radius 2 is 1.80 bits per heavy atom. The smallest absolute Gasteiger partial charge is 0.407 e. The van der Waals surface area contributed by atoms with E-state index in [2.05, 4.69) is 5.32 Å². The molecular weight excluding hydrogens is 318 g/mol. The number of ether oxygens (including phenoxy) is 2. The van der Waals surface area contributed by atoms with Crippen LogP contribution in [0.1, 0.15) is 58.4 Å². The molecule has 0 heterocycles. The summed E-state index contributed by atoms with van der Waals surface area (Å²) in [5.41, 5.74) is 0.493. The van der Waals surface area contributed by atoms with Crippen LogP contribution in [0.3, 0.4) is 0 Å². The molecule has 5 heteroatoms. The summed E-state index contributed by atoms with van der Waals surface area (Å²) in [5, 5.41) is 2.92. The molecule has 1 aliphatic carbocycles. The first-order chi connectivity index (χ1) is 11.8. The first-order valence-electron chi connectivity index (χ1n) is 9.03. The van der Waals surface area contributed by atoms with Crippen molar-refractivity contribution in [2.75, 3.05) is 0 Å². The fourth-order valence-electron chi connectivity index (χ4n) is 3.00. The predicted octanol–water partition coefficient (Wildman–Crippen LogP) is 4.20. The second-order valence-electron chi connectivity index (χ2n) is 7.64. The maximum absolute atomic E-state index is 12.3. The highest BCUT2D eigenvalue weighted by Crippen LogP contribution is 2.25. The molecule has 0 radical (unpaired) electrons. The van der Waals surface area contributed by atoms with Crippen molar-refractivity contribution in [2.45, 2.75) is 71.1 Å².